The van der Waals surface area contributed by atoms with Gasteiger partial charge in [-0.05, 0) is 88.2 Å². The third-order valence-electron chi connectivity index (χ3n) is 10.9. The highest BCUT2D eigenvalue weighted by Crippen LogP contribution is 2.49. The van der Waals surface area contributed by atoms with Crippen LogP contribution in [0.15, 0.2) is 60.7 Å². The van der Waals surface area contributed by atoms with Crippen LogP contribution in [0.25, 0.3) is 0 Å². The molecule has 2 aromatic carbocycles. The Kier molecular flexibility index (Phi) is 8.29. The fourth-order valence-electron chi connectivity index (χ4n) is 7.65. The van der Waals surface area contributed by atoms with Crippen LogP contribution in [0.5, 0.6) is 0 Å². The molecule has 2 saturated heterocycles. The fraction of sp³-hybridized carbons (Fsp3) is 0.611. The third-order valence-corrected chi connectivity index (χ3v) is 10.9. The number of rotatable bonds is 6. The quantitative estimate of drug-likeness (QED) is 0.395. The molecule has 0 unspecified atom stereocenters. The number of nitrogens with one attached hydrogen (secondary N) is 4. The van der Waals surface area contributed by atoms with Crippen molar-refractivity contribution in [1.82, 2.24) is 21.3 Å². The van der Waals surface area contributed by atoms with Crippen LogP contribution in [0.2, 0.25) is 0 Å². The number of hydrogen-bond donors (Lipinski definition) is 4. The Balaban J connectivity index is 0.000000142. The van der Waals surface area contributed by atoms with Crippen LogP contribution in [0.3, 0.4) is 0 Å². The summed E-state index contributed by atoms with van der Waals surface area (Å²) < 4.78 is 12.6. The van der Waals surface area contributed by atoms with Crippen LogP contribution in [0, 0.1) is 0 Å². The molecule has 4 spiro atoms. The van der Waals surface area contributed by atoms with Crippen molar-refractivity contribution < 1.29 is 19.1 Å². The summed E-state index contributed by atoms with van der Waals surface area (Å²) in [5, 5.41) is 13.5. The molecule has 236 valence electrons. The maximum absolute atomic E-state index is 11.9. The maximum Gasteiger partial charge on any atom is 0.252 e. The average Bonchev–Trinajstić information content (AvgIpc) is 4.01. The van der Waals surface area contributed by atoms with Gasteiger partial charge < -0.3 is 30.7 Å². The maximum atomic E-state index is 11.9. The van der Waals surface area contributed by atoms with Gasteiger partial charge in [0.05, 0.1) is 11.2 Å². The van der Waals surface area contributed by atoms with Gasteiger partial charge in [-0.15, -0.1) is 0 Å². The zero-order valence-corrected chi connectivity index (χ0v) is 25.9. The van der Waals surface area contributed by atoms with E-state index in [0.717, 1.165) is 90.1 Å². The lowest BCUT2D eigenvalue weighted by atomic mass is 9.80. The Bertz CT molecular complexity index is 1190. The fourth-order valence-corrected chi connectivity index (χ4v) is 7.65. The number of benzene rings is 2. The minimum absolute atomic E-state index is 0.102. The van der Waals surface area contributed by atoms with E-state index >= 15 is 0 Å². The summed E-state index contributed by atoms with van der Waals surface area (Å²) >= 11 is 0. The van der Waals surface area contributed by atoms with Crippen molar-refractivity contribution >= 4 is 11.8 Å². The first kappa shape index (κ1) is 29.9. The first-order valence-electron chi connectivity index (χ1n) is 16.9. The molecular formula is C36H48N4O4. The predicted octanol–water partition coefficient (Wildman–Crippen LogP) is 4.27. The molecule has 2 amide bonds. The zero-order chi connectivity index (χ0) is 30.1. The van der Waals surface area contributed by atoms with Crippen molar-refractivity contribution in [2.75, 3.05) is 13.1 Å². The number of carbonyl (C=O) groups excluding carboxylic acids is 2. The molecule has 4 saturated carbocycles. The molecule has 2 aliphatic heterocycles. The molecular weight excluding hydrogens is 552 g/mol. The van der Waals surface area contributed by atoms with Crippen LogP contribution in [-0.4, -0.2) is 59.4 Å². The molecule has 2 heterocycles. The minimum atomic E-state index is -0.456. The van der Waals surface area contributed by atoms with Gasteiger partial charge in [-0.1, -0.05) is 60.7 Å². The summed E-state index contributed by atoms with van der Waals surface area (Å²) in [5.74, 6) is 0.227. The monoisotopic (exact) mass is 600 g/mol. The van der Waals surface area contributed by atoms with E-state index in [2.05, 4.69) is 81.9 Å². The Morgan fingerprint density at radius 2 is 0.932 bits per heavy atom. The van der Waals surface area contributed by atoms with E-state index in [-0.39, 0.29) is 23.0 Å². The second-order valence-electron chi connectivity index (χ2n) is 14.2. The van der Waals surface area contributed by atoms with E-state index in [1.807, 2.05) is 0 Å². The van der Waals surface area contributed by atoms with Gasteiger partial charge >= 0.3 is 0 Å². The molecule has 8 heteroatoms. The Morgan fingerprint density at radius 1 is 0.568 bits per heavy atom. The second kappa shape index (κ2) is 12.2. The number of hydrogen-bond acceptors (Lipinski definition) is 6. The summed E-state index contributed by atoms with van der Waals surface area (Å²) in [5.41, 5.74) is 1.55. The van der Waals surface area contributed by atoms with Crippen LogP contribution < -0.4 is 21.3 Å². The van der Waals surface area contributed by atoms with Crippen LogP contribution in [0.1, 0.15) is 88.2 Å². The van der Waals surface area contributed by atoms with Gasteiger partial charge in [0.25, 0.3) is 11.8 Å². The Hall–Kier alpha value is -2.78. The van der Waals surface area contributed by atoms with E-state index < -0.39 is 11.2 Å². The van der Waals surface area contributed by atoms with E-state index in [1.165, 1.54) is 11.1 Å². The van der Waals surface area contributed by atoms with E-state index in [1.54, 1.807) is 0 Å². The van der Waals surface area contributed by atoms with Gasteiger partial charge in [0.15, 0.2) is 0 Å². The molecule has 8 rings (SSSR count). The van der Waals surface area contributed by atoms with Crippen LogP contribution in [0.4, 0.5) is 0 Å². The summed E-state index contributed by atoms with van der Waals surface area (Å²) in [6, 6.07) is 22.2. The zero-order valence-electron chi connectivity index (χ0n) is 25.9. The number of carbonyl (C=O) groups is 2. The van der Waals surface area contributed by atoms with Gasteiger partial charge in [-0.25, -0.2) is 0 Å². The lowest BCUT2D eigenvalue weighted by Crippen LogP contribution is -2.60. The second-order valence-corrected chi connectivity index (χ2v) is 14.2. The molecule has 4 N–H and O–H groups in total. The van der Waals surface area contributed by atoms with Crippen molar-refractivity contribution in [3.63, 3.8) is 0 Å². The SMILES string of the molecule is O=C1NCC2(CCC(NCc3ccccc3)CC2)OC12CC2.O=C1NCC2(CCC(NCc3ccccc3)CC2)OC12CC2. The third kappa shape index (κ3) is 6.59. The summed E-state index contributed by atoms with van der Waals surface area (Å²) in [7, 11) is 0. The van der Waals surface area contributed by atoms with Gasteiger partial charge in [0.2, 0.25) is 0 Å². The first-order valence-corrected chi connectivity index (χ1v) is 16.9. The molecule has 6 fully saturated rings. The molecule has 0 atom stereocenters. The average molecular weight is 601 g/mol. The smallest absolute Gasteiger partial charge is 0.252 e. The molecule has 0 aromatic heterocycles. The normalized spacial score (nSPS) is 32.9. The van der Waals surface area contributed by atoms with Gasteiger partial charge in [0, 0.05) is 38.3 Å². The van der Waals surface area contributed by atoms with Crippen molar-refractivity contribution in [2.24, 2.45) is 0 Å². The van der Waals surface area contributed by atoms with Gasteiger partial charge in [-0.2, -0.15) is 0 Å². The molecule has 6 aliphatic rings. The molecule has 0 radical (unpaired) electrons. The standard InChI is InChI=1S/2C18H24N2O2/c2*21-16-18(10-11-18)22-17(13-20-16)8-6-15(7-9-17)19-12-14-4-2-1-3-5-14/h2*1-5,15,19H,6-13H2,(H,20,21). The number of ether oxygens (including phenoxy) is 2. The molecule has 0 bridgehead atoms. The Labute approximate surface area is 261 Å². The van der Waals surface area contributed by atoms with E-state index in [4.69, 9.17) is 9.47 Å². The topological polar surface area (TPSA) is 101 Å². The lowest BCUT2D eigenvalue weighted by molar-refractivity contribution is -0.176. The van der Waals surface area contributed by atoms with E-state index in [9.17, 15) is 9.59 Å². The van der Waals surface area contributed by atoms with Gasteiger partial charge in [0.1, 0.15) is 11.2 Å². The summed E-state index contributed by atoms with van der Waals surface area (Å²) in [6.07, 6.45) is 12.3. The Morgan fingerprint density at radius 3 is 1.27 bits per heavy atom. The summed E-state index contributed by atoms with van der Waals surface area (Å²) in [6.45, 7) is 3.25. The highest BCUT2D eigenvalue weighted by Gasteiger charge is 2.60. The molecule has 44 heavy (non-hydrogen) atoms. The van der Waals surface area contributed by atoms with Crippen LogP contribution in [-0.2, 0) is 32.2 Å². The molecule has 2 aromatic rings. The lowest BCUT2D eigenvalue weighted by Gasteiger charge is -2.45. The van der Waals surface area contributed by atoms with Gasteiger partial charge in [-0.3, -0.25) is 9.59 Å². The molecule has 4 aliphatic carbocycles. The van der Waals surface area contributed by atoms with Crippen molar-refractivity contribution in [1.29, 1.82) is 0 Å². The van der Waals surface area contributed by atoms with Crippen molar-refractivity contribution in [3.05, 3.63) is 71.8 Å². The predicted molar refractivity (Wildman–Crippen MR) is 169 cm³/mol. The number of morpholine rings is 2. The largest absolute Gasteiger partial charge is 0.357 e. The number of amides is 2. The van der Waals surface area contributed by atoms with Crippen molar-refractivity contribution in [3.8, 4) is 0 Å². The summed E-state index contributed by atoms with van der Waals surface area (Å²) in [4.78, 5) is 23.8. The van der Waals surface area contributed by atoms with E-state index in [0.29, 0.717) is 25.2 Å². The first-order chi connectivity index (χ1) is 21.4. The van der Waals surface area contributed by atoms with Crippen LogP contribution >= 0.6 is 0 Å². The van der Waals surface area contributed by atoms with Crippen molar-refractivity contribution in [2.45, 2.75) is 125 Å². The minimum Gasteiger partial charge on any atom is -0.357 e. The molecule has 8 nitrogen and oxygen atoms in total. The highest BCUT2D eigenvalue weighted by molar-refractivity contribution is 5.89. The highest BCUT2D eigenvalue weighted by atomic mass is 16.5.